The summed E-state index contributed by atoms with van der Waals surface area (Å²) < 4.78 is 0. The Bertz CT molecular complexity index is 711. The number of hydrogen-bond donors (Lipinski definition) is 3. The number of aromatic nitrogens is 2. The predicted octanol–water partition coefficient (Wildman–Crippen LogP) is 1.84. The highest BCUT2D eigenvalue weighted by Crippen LogP contribution is 2.13. The highest BCUT2D eigenvalue weighted by atomic mass is 16.1. The Hall–Kier alpha value is -2.74. The van der Waals surface area contributed by atoms with E-state index in [4.69, 9.17) is 12.2 Å². The standard InChI is InChI=1S/C16H18N4O/c1-3-18-14-13(15(21)20-16(17)19-14)6-4-5-12-9-7-11(2)8-10-12/h1,7-10H,4-6H2,2H3,(H4,17,18,19,20,21). The number of benzene rings is 1. The van der Waals surface area contributed by atoms with Crippen molar-refractivity contribution in [2.75, 3.05) is 11.1 Å². The fraction of sp³-hybridized carbons (Fsp3) is 0.250. The van der Waals surface area contributed by atoms with Crippen LogP contribution in [0, 0.1) is 19.4 Å². The van der Waals surface area contributed by atoms with E-state index < -0.39 is 0 Å². The molecule has 0 bridgehead atoms. The molecule has 0 aliphatic rings. The van der Waals surface area contributed by atoms with Crippen molar-refractivity contribution in [1.82, 2.24) is 9.97 Å². The van der Waals surface area contributed by atoms with Crippen LogP contribution in [0.3, 0.4) is 0 Å². The summed E-state index contributed by atoms with van der Waals surface area (Å²) in [7, 11) is 0. The van der Waals surface area contributed by atoms with Crippen LogP contribution < -0.4 is 16.6 Å². The Balaban J connectivity index is 2.07. The average Bonchev–Trinajstić information content (AvgIpc) is 2.44. The van der Waals surface area contributed by atoms with Gasteiger partial charge in [-0.2, -0.15) is 4.98 Å². The number of nitrogens with one attached hydrogen (secondary N) is 2. The van der Waals surface area contributed by atoms with E-state index in [0.29, 0.717) is 17.8 Å². The fourth-order valence-corrected chi connectivity index (χ4v) is 2.14. The summed E-state index contributed by atoms with van der Waals surface area (Å²) >= 11 is 0. The largest absolute Gasteiger partial charge is 0.369 e. The molecular weight excluding hydrogens is 264 g/mol. The Labute approximate surface area is 123 Å². The second kappa shape index (κ2) is 6.62. The van der Waals surface area contributed by atoms with E-state index in [0.717, 1.165) is 12.8 Å². The molecule has 2 aromatic rings. The van der Waals surface area contributed by atoms with Crippen molar-refractivity contribution in [2.24, 2.45) is 0 Å². The maximum absolute atomic E-state index is 11.9. The topological polar surface area (TPSA) is 83.8 Å². The van der Waals surface area contributed by atoms with Crippen molar-refractivity contribution >= 4 is 11.8 Å². The van der Waals surface area contributed by atoms with Crippen LogP contribution in [0.25, 0.3) is 0 Å². The van der Waals surface area contributed by atoms with Crippen molar-refractivity contribution in [2.45, 2.75) is 26.2 Å². The summed E-state index contributed by atoms with van der Waals surface area (Å²) in [6.45, 7) is 2.06. The lowest BCUT2D eigenvalue weighted by Crippen LogP contribution is -2.19. The fourth-order valence-electron chi connectivity index (χ4n) is 2.14. The molecule has 5 nitrogen and oxygen atoms in total. The number of nitrogens with zero attached hydrogens (tertiary/aromatic N) is 1. The van der Waals surface area contributed by atoms with Crippen LogP contribution >= 0.6 is 0 Å². The molecule has 0 radical (unpaired) electrons. The molecule has 1 aromatic heterocycles. The Morgan fingerprint density at radius 1 is 1.33 bits per heavy atom. The summed E-state index contributed by atoms with van der Waals surface area (Å²) in [4.78, 5) is 18.5. The lowest BCUT2D eigenvalue weighted by Gasteiger charge is -2.07. The zero-order chi connectivity index (χ0) is 15.2. The quantitative estimate of drug-likeness (QED) is 0.577. The minimum absolute atomic E-state index is 0.0556. The van der Waals surface area contributed by atoms with E-state index in [-0.39, 0.29) is 11.5 Å². The molecule has 0 atom stereocenters. The first kappa shape index (κ1) is 14.7. The third-order valence-corrected chi connectivity index (χ3v) is 3.24. The molecule has 4 N–H and O–H groups in total. The van der Waals surface area contributed by atoms with Gasteiger partial charge in [-0.15, -0.1) is 0 Å². The van der Waals surface area contributed by atoms with E-state index in [9.17, 15) is 4.79 Å². The van der Waals surface area contributed by atoms with E-state index >= 15 is 0 Å². The number of H-pyrrole nitrogens is 1. The molecule has 2 rings (SSSR count). The van der Waals surface area contributed by atoms with E-state index in [1.165, 1.54) is 11.1 Å². The second-order valence-electron chi connectivity index (χ2n) is 4.89. The molecule has 108 valence electrons. The first-order valence-corrected chi connectivity index (χ1v) is 6.76. The molecule has 0 saturated heterocycles. The van der Waals surface area contributed by atoms with E-state index in [1.54, 1.807) is 0 Å². The van der Waals surface area contributed by atoms with Gasteiger partial charge in [-0.1, -0.05) is 36.3 Å². The molecule has 0 spiro atoms. The minimum atomic E-state index is -0.246. The second-order valence-corrected chi connectivity index (χ2v) is 4.89. The van der Waals surface area contributed by atoms with Crippen molar-refractivity contribution in [1.29, 1.82) is 0 Å². The van der Waals surface area contributed by atoms with Crippen LogP contribution in [-0.4, -0.2) is 9.97 Å². The van der Waals surface area contributed by atoms with Gasteiger partial charge in [-0.3, -0.25) is 15.1 Å². The smallest absolute Gasteiger partial charge is 0.257 e. The van der Waals surface area contributed by atoms with Crippen LogP contribution in [-0.2, 0) is 12.8 Å². The molecule has 5 heteroatoms. The zero-order valence-corrected chi connectivity index (χ0v) is 11.9. The Kier molecular flexibility index (Phi) is 4.62. The maximum Gasteiger partial charge on any atom is 0.257 e. The predicted molar refractivity (Wildman–Crippen MR) is 84.9 cm³/mol. The van der Waals surface area contributed by atoms with Crippen LogP contribution in [0.4, 0.5) is 11.8 Å². The highest BCUT2D eigenvalue weighted by Gasteiger charge is 2.09. The number of nitrogens with two attached hydrogens (primary N) is 1. The van der Waals surface area contributed by atoms with Crippen molar-refractivity contribution in [3.05, 3.63) is 51.3 Å². The van der Waals surface area contributed by atoms with Gasteiger partial charge < -0.3 is 5.73 Å². The summed E-state index contributed by atoms with van der Waals surface area (Å²) in [6, 6.07) is 10.6. The van der Waals surface area contributed by atoms with Crippen LogP contribution in [0.15, 0.2) is 29.1 Å². The van der Waals surface area contributed by atoms with Crippen LogP contribution in [0.2, 0.25) is 0 Å². The van der Waals surface area contributed by atoms with Gasteiger partial charge >= 0.3 is 0 Å². The van der Waals surface area contributed by atoms with Gasteiger partial charge in [0, 0.05) is 6.04 Å². The maximum atomic E-state index is 11.9. The monoisotopic (exact) mass is 282 g/mol. The van der Waals surface area contributed by atoms with Crippen LogP contribution in [0.1, 0.15) is 23.1 Å². The highest BCUT2D eigenvalue weighted by molar-refractivity contribution is 5.49. The SMILES string of the molecule is C#CNc1nc(N)[nH]c(=O)c1CCCc1ccc(C)cc1. The average molecular weight is 282 g/mol. The molecule has 0 aliphatic carbocycles. The van der Waals surface area contributed by atoms with Gasteiger partial charge in [0.1, 0.15) is 5.82 Å². The third-order valence-electron chi connectivity index (χ3n) is 3.24. The number of aromatic amines is 1. The Morgan fingerprint density at radius 2 is 2.05 bits per heavy atom. The molecular formula is C16H18N4O. The molecule has 0 unspecified atom stereocenters. The summed E-state index contributed by atoms with van der Waals surface area (Å²) in [5, 5.41) is 2.63. The third kappa shape index (κ3) is 3.86. The Morgan fingerprint density at radius 3 is 2.71 bits per heavy atom. The van der Waals surface area contributed by atoms with Gasteiger partial charge in [-0.05, 0) is 31.7 Å². The van der Waals surface area contributed by atoms with Crippen LogP contribution in [0.5, 0.6) is 0 Å². The number of aryl methyl sites for hydroxylation is 2. The normalized spacial score (nSPS) is 10.1. The van der Waals surface area contributed by atoms with E-state index in [2.05, 4.69) is 52.5 Å². The summed E-state index contributed by atoms with van der Waals surface area (Å²) in [5.41, 5.74) is 8.28. The summed E-state index contributed by atoms with van der Waals surface area (Å²) in [5.74, 6) is 0.419. The van der Waals surface area contributed by atoms with Gasteiger partial charge in [0.2, 0.25) is 5.95 Å². The van der Waals surface area contributed by atoms with Crippen molar-refractivity contribution < 1.29 is 0 Å². The van der Waals surface area contributed by atoms with E-state index in [1.807, 2.05) is 0 Å². The molecule has 0 aliphatic heterocycles. The number of terminal acetylenes is 1. The molecule has 0 fully saturated rings. The number of anilines is 2. The summed E-state index contributed by atoms with van der Waals surface area (Å²) in [6.07, 6.45) is 7.51. The van der Waals surface area contributed by atoms with Crippen molar-refractivity contribution in [3.63, 3.8) is 0 Å². The number of rotatable bonds is 5. The van der Waals surface area contributed by atoms with Gasteiger partial charge in [0.15, 0.2) is 0 Å². The molecule has 21 heavy (non-hydrogen) atoms. The number of hydrogen-bond acceptors (Lipinski definition) is 4. The lowest BCUT2D eigenvalue weighted by molar-refractivity contribution is 0.807. The molecule has 0 amide bonds. The first-order chi connectivity index (χ1) is 10.1. The van der Waals surface area contributed by atoms with Gasteiger partial charge in [0.25, 0.3) is 5.56 Å². The lowest BCUT2D eigenvalue weighted by atomic mass is 10.0. The van der Waals surface area contributed by atoms with Gasteiger partial charge in [-0.25, -0.2) is 0 Å². The molecule has 1 heterocycles. The molecule has 1 aromatic carbocycles. The zero-order valence-electron chi connectivity index (χ0n) is 11.9. The van der Waals surface area contributed by atoms with Gasteiger partial charge in [0.05, 0.1) is 5.56 Å². The first-order valence-electron chi connectivity index (χ1n) is 6.76. The minimum Gasteiger partial charge on any atom is -0.369 e. The van der Waals surface area contributed by atoms with Crippen molar-refractivity contribution in [3.8, 4) is 12.5 Å². The number of nitrogen functional groups attached to an aromatic ring is 1. The molecule has 0 saturated carbocycles.